The van der Waals surface area contributed by atoms with Gasteiger partial charge in [-0.25, -0.2) is 9.78 Å². The molecule has 2 unspecified atom stereocenters. The van der Waals surface area contributed by atoms with Gasteiger partial charge in [0.25, 0.3) is 0 Å². The summed E-state index contributed by atoms with van der Waals surface area (Å²) < 4.78 is 7.49. The molecule has 4 aliphatic carbocycles. The van der Waals surface area contributed by atoms with E-state index in [1.165, 1.54) is 0 Å². The molecule has 122 valence electrons. The first-order valence-corrected chi connectivity index (χ1v) is 8.33. The van der Waals surface area contributed by atoms with E-state index in [9.17, 15) is 9.59 Å². The standard InChI is InChI=1S/C18H22N2O3/c1-12(2)15(21)23-18-8-13-5-14(9-18)7-17(6-13,10-18)16(22)20-4-3-19-11-20/h3-4,11,13-14H,1,5-10H2,2H3. The van der Waals surface area contributed by atoms with E-state index in [0.717, 1.165) is 32.1 Å². The predicted molar refractivity (Wildman–Crippen MR) is 83.6 cm³/mol. The topological polar surface area (TPSA) is 61.2 Å². The van der Waals surface area contributed by atoms with Gasteiger partial charge in [-0.3, -0.25) is 9.36 Å². The van der Waals surface area contributed by atoms with Gasteiger partial charge < -0.3 is 4.74 Å². The lowest BCUT2D eigenvalue weighted by Gasteiger charge is -2.60. The van der Waals surface area contributed by atoms with Gasteiger partial charge >= 0.3 is 5.97 Å². The number of carbonyl (C=O) groups excluding carboxylic acids is 2. The molecule has 2 atom stereocenters. The lowest BCUT2D eigenvalue weighted by Crippen LogP contribution is -2.60. The summed E-state index contributed by atoms with van der Waals surface area (Å²) in [5.41, 5.74) is -0.452. The number of ether oxygens (including phenoxy) is 1. The molecule has 4 fully saturated rings. The summed E-state index contributed by atoms with van der Waals surface area (Å²) in [4.78, 5) is 29.2. The van der Waals surface area contributed by atoms with Crippen molar-refractivity contribution < 1.29 is 14.3 Å². The highest BCUT2D eigenvalue weighted by atomic mass is 16.6. The summed E-state index contributed by atoms with van der Waals surface area (Å²) in [7, 11) is 0. The van der Waals surface area contributed by atoms with Crippen LogP contribution in [0.5, 0.6) is 0 Å². The summed E-state index contributed by atoms with van der Waals surface area (Å²) in [6.45, 7) is 5.37. The number of rotatable bonds is 3. The fraction of sp³-hybridized carbons (Fsp3) is 0.611. The second-order valence-corrected chi connectivity index (χ2v) is 7.87. The first-order chi connectivity index (χ1) is 10.9. The van der Waals surface area contributed by atoms with E-state index >= 15 is 0 Å². The average Bonchev–Trinajstić information content (AvgIpc) is 2.98. The van der Waals surface area contributed by atoms with Crippen LogP contribution in [0.25, 0.3) is 0 Å². The summed E-state index contributed by atoms with van der Waals surface area (Å²) in [6.07, 6.45) is 10.3. The maximum Gasteiger partial charge on any atom is 0.333 e. The van der Waals surface area contributed by atoms with Crippen molar-refractivity contribution >= 4 is 11.9 Å². The lowest BCUT2D eigenvalue weighted by molar-refractivity contribution is -0.191. The van der Waals surface area contributed by atoms with Crippen LogP contribution in [0.3, 0.4) is 0 Å². The SMILES string of the molecule is C=C(C)C(=O)OC12CC3CC(C1)CC(C(=O)n1ccnc1)(C3)C2. The van der Waals surface area contributed by atoms with Gasteiger partial charge in [0, 0.05) is 24.4 Å². The Hall–Kier alpha value is -1.91. The van der Waals surface area contributed by atoms with E-state index in [1.807, 2.05) is 0 Å². The lowest BCUT2D eigenvalue weighted by atomic mass is 9.47. The van der Waals surface area contributed by atoms with Crippen molar-refractivity contribution in [1.82, 2.24) is 9.55 Å². The average molecular weight is 314 g/mol. The summed E-state index contributed by atoms with van der Waals surface area (Å²) in [6, 6.07) is 0. The number of aromatic nitrogens is 2. The summed E-state index contributed by atoms with van der Waals surface area (Å²) in [5.74, 6) is 0.736. The number of imidazole rings is 1. The summed E-state index contributed by atoms with van der Waals surface area (Å²) in [5, 5.41) is 0. The van der Waals surface area contributed by atoms with Crippen LogP contribution in [-0.4, -0.2) is 27.0 Å². The molecule has 1 aromatic heterocycles. The molecule has 4 bridgehead atoms. The zero-order chi connectivity index (χ0) is 16.2. The number of esters is 1. The molecule has 4 saturated carbocycles. The minimum atomic E-state index is -0.476. The first-order valence-electron chi connectivity index (χ1n) is 8.33. The van der Waals surface area contributed by atoms with Crippen molar-refractivity contribution in [2.45, 2.75) is 51.0 Å². The second kappa shape index (κ2) is 4.79. The minimum absolute atomic E-state index is 0.111. The Morgan fingerprint density at radius 2 is 1.96 bits per heavy atom. The molecular weight excluding hydrogens is 292 g/mol. The second-order valence-electron chi connectivity index (χ2n) is 7.87. The fourth-order valence-electron chi connectivity index (χ4n) is 5.49. The van der Waals surface area contributed by atoms with Gasteiger partial charge in [0.05, 0.1) is 5.41 Å². The van der Waals surface area contributed by atoms with Gasteiger partial charge in [0.2, 0.25) is 5.91 Å². The normalized spacial score (nSPS) is 37.6. The van der Waals surface area contributed by atoms with E-state index in [1.54, 1.807) is 30.2 Å². The molecule has 5 rings (SSSR count). The molecule has 0 saturated heterocycles. The third kappa shape index (κ3) is 2.25. The van der Waals surface area contributed by atoms with Crippen molar-refractivity contribution in [3.8, 4) is 0 Å². The highest BCUT2D eigenvalue weighted by Gasteiger charge is 2.62. The molecule has 0 spiro atoms. The van der Waals surface area contributed by atoms with Crippen LogP contribution < -0.4 is 0 Å². The third-order valence-corrected chi connectivity index (χ3v) is 5.86. The monoisotopic (exact) mass is 314 g/mol. The van der Waals surface area contributed by atoms with Crippen LogP contribution >= 0.6 is 0 Å². The van der Waals surface area contributed by atoms with E-state index in [2.05, 4.69) is 11.6 Å². The van der Waals surface area contributed by atoms with Crippen LogP contribution in [0.4, 0.5) is 0 Å². The Balaban J connectivity index is 1.67. The van der Waals surface area contributed by atoms with Gasteiger partial charge in [-0.1, -0.05) is 6.58 Å². The Bertz CT molecular complexity index is 662. The number of hydrogen-bond donors (Lipinski definition) is 0. The van der Waals surface area contributed by atoms with Gasteiger partial charge in [-0.2, -0.15) is 0 Å². The van der Waals surface area contributed by atoms with Crippen LogP contribution in [0.1, 0.15) is 50.2 Å². The van der Waals surface area contributed by atoms with Gasteiger partial charge in [0.15, 0.2) is 0 Å². The molecule has 0 aliphatic heterocycles. The molecule has 1 heterocycles. The molecule has 0 amide bonds. The highest BCUT2D eigenvalue weighted by Crippen LogP contribution is 2.63. The molecule has 5 heteroatoms. The van der Waals surface area contributed by atoms with Crippen LogP contribution in [0.15, 0.2) is 30.9 Å². The fourth-order valence-corrected chi connectivity index (χ4v) is 5.49. The minimum Gasteiger partial charge on any atom is -0.456 e. The van der Waals surface area contributed by atoms with Crippen LogP contribution in [0, 0.1) is 17.3 Å². The number of nitrogens with zero attached hydrogens (tertiary/aromatic N) is 2. The van der Waals surface area contributed by atoms with E-state index in [4.69, 9.17) is 4.74 Å². The van der Waals surface area contributed by atoms with E-state index in [0.29, 0.717) is 23.8 Å². The van der Waals surface area contributed by atoms with Gasteiger partial charge in [0.1, 0.15) is 11.9 Å². The van der Waals surface area contributed by atoms with Crippen LogP contribution in [0.2, 0.25) is 0 Å². The zero-order valence-electron chi connectivity index (χ0n) is 13.5. The molecule has 1 aromatic rings. The van der Waals surface area contributed by atoms with Gasteiger partial charge in [-0.05, 0) is 50.9 Å². The largest absolute Gasteiger partial charge is 0.456 e. The quantitative estimate of drug-likeness (QED) is 0.635. The Labute approximate surface area is 135 Å². The molecule has 0 N–H and O–H groups in total. The zero-order valence-corrected chi connectivity index (χ0v) is 13.5. The molecule has 0 aromatic carbocycles. The number of hydrogen-bond acceptors (Lipinski definition) is 4. The van der Waals surface area contributed by atoms with E-state index in [-0.39, 0.29) is 11.9 Å². The molecule has 5 nitrogen and oxygen atoms in total. The molecule has 0 radical (unpaired) electrons. The maximum absolute atomic E-state index is 13.1. The highest BCUT2D eigenvalue weighted by molar-refractivity contribution is 5.88. The third-order valence-electron chi connectivity index (χ3n) is 5.86. The Kier molecular flexibility index (Phi) is 3.06. The van der Waals surface area contributed by atoms with Crippen LogP contribution in [-0.2, 0) is 9.53 Å². The Morgan fingerprint density at radius 1 is 1.26 bits per heavy atom. The first kappa shape index (κ1) is 14.7. The maximum atomic E-state index is 13.1. The molecule has 4 aliphatic rings. The van der Waals surface area contributed by atoms with Crippen molar-refractivity contribution in [3.63, 3.8) is 0 Å². The summed E-state index contributed by atoms with van der Waals surface area (Å²) >= 11 is 0. The van der Waals surface area contributed by atoms with Crippen molar-refractivity contribution in [3.05, 3.63) is 30.9 Å². The van der Waals surface area contributed by atoms with Crippen molar-refractivity contribution in [1.29, 1.82) is 0 Å². The predicted octanol–water partition coefficient (Wildman–Crippen LogP) is 2.98. The Morgan fingerprint density at radius 3 is 2.52 bits per heavy atom. The van der Waals surface area contributed by atoms with Crippen molar-refractivity contribution in [2.75, 3.05) is 0 Å². The van der Waals surface area contributed by atoms with Gasteiger partial charge in [-0.15, -0.1) is 0 Å². The number of carbonyl (C=O) groups is 2. The molecule has 23 heavy (non-hydrogen) atoms. The molecular formula is C18H22N2O3. The van der Waals surface area contributed by atoms with E-state index < -0.39 is 11.0 Å². The smallest absolute Gasteiger partial charge is 0.333 e. The van der Waals surface area contributed by atoms with Crippen molar-refractivity contribution in [2.24, 2.45) is 17.3 Å².